The number of hydrogen-bond donors (Lipinski definition) is 1. The molecular formula is C13H22BrN3O2. The third kappa shape index (κ3) is 4.86. The number of rotatable bonds is 4. The second-order valence-electron chi connectivity index (χ2n) is 5.47. The Balaban J connectivity index is 2.84. The molecule has 1 aromatic rings. The van der Waals surface area contributed by atoms with Crippen LogP contribution in [-0.4, -0.2) is 33.1 Å². The average molecular weight is 332 g/mol. The van der Waals surface area contributed by atoms with Crippen molar-refractivity contribution in [2.45, 2.75) is 52.7 Å². The summed E-state index contributed by atoms with van der Waals surface area (Å²) in [4.78, 5) is 21.2. The van der Waals surface area contributed by atoms with Gasteiger partial charge in [0, 0.05) is 6.54 Å². The second kappa shape index (κ2) is 6.41. The Bertz CT molecular complexity index is 426. The van der Waals surface area contributed by atoms with Crippen LogP contribution in [0, 0.1) is 0 Å². The van der Waals surface area contributed by atoms with Crippen molar-refractivity contribution in [2.24, 2.45) is 0 Å². The Morgan fingerprint density at radius 3 is 2.63 bits per heavy atom. The van der Waals surface area contributed by atoms with E-state index in [1.807, 2.05) is 34.6 Å². The minimum atomic E-state index is -0.494. The molecule has 5 nitrogen and oxygen atoms in total. The molecule has 1 amide bonds. The first kappa shape index (κ1) is 16.0. The van der Waals surface area contributed by atoms with Gasteiger partial charge in [0.05, 0.1) is 12.2 Å². The van der Waals surface area contributed by atoms with Crippen molar-refractivity contribution in [1.29, 1.82) is 0 Å². The molecule has 1 N–H and O–H groups in total. The van der Waals surface area contributed by atoms with Gasteiger partial charge in [-0.3, -0.25) is 4.90 Å². The number of ether oxygens (including phenoxy) is 1. The maximum absolute atomic E-state index is 12.2. The highest BCUT2D eigenvalue weighted by molar-refractivity contribution is 9.10. The molecule has 0 fully saturated rings. The molecule has 6 heteroatoms. The molecule has 1 atom stereocenters. The van der Waals surface area contributed by atoms with Crippen LogP contribution in [0.1, 0.15) is 52.9 Å². The van der Waals surface area contributed by atoms with E-state index in [2.05, 4.69) is 25.9 Å². The summed E-state index contributed by atoms with van der Waals surface area (Å²) in [6.45, 7) is 10.2. The molecule has 0 saturated carbocycles. The molecule has 1 aromatic heterocycles. The Kier molecular flexibility index (Phi) is 5.40. The summed E-state index contributed by atoms with van der Waals surface area (Å²) in [6, 6.07) is -0.152. The summed E-state index contributed by atoms with van der Waals surface area (Å²) in [6.07, 6.45) is 2.24. The van der Waals surface area contributed by atoms with Crippen LogP contribution >= 0.6 is 15.9 Å². The number of amides is 1. The van der Waals surface area contributed by atoms with Crippen molar-refractivity contribution in [3.8, 4) is 0 Å². The van der Waals surface area contributed by atoms with E-state index in [1.165, 1.54) is 0 Å². The van der Waals surface area contributed by atoms with Crippen LogP contribution in [0.4, 0.5) is 4.79 Å². The average Bonchev–Trinajstić information content (AvgIpc) is 2.69. The van der Waals surface area contributed by atoms with E-state index in [1.54, 1.807) is 11.1 Å². The number of aromatic nitrogens is 2. The second-order valence-corrected chi connectivity index (χ2v) is 6.32. The summed E-state index contributed by atoms with van der Waals surface area (Å²) in [7, 11) is 0. The fraction of sp³-hybridized carbons (Fsp3) is 0.692. The third-order valence-electron chi connectivity index (χ3n) is 2.52. The largest absolute Gasteiger partial charge is 0.444 e. The molecule has 19 heavy (non-hydrogen) atoms. The van der Waals surface area contributed by atoms with Gasteiger partial charge in [0.2, 0.25) is 0 Å². The van der Waals surface area contributed by atoms with E-state index >= 15 is 0 Å². The first-order chi connectivity index (χ1) is 8.74. The molecule has 1 heterocycles. The zero-order valence-electron chi connectivity index (χ0n) is 12.2. The summed E-state index contributed by atoms with van der Waals surface area (Å²) in [5.74, 6) is 0.742. The summed E-state index contributed by atoms with van der Waals surface area (Å²) in [5.41, 5.74) is -0.494. The number of H-pyrrole nitrogens is 1. The zero-order valence-corrected chi connectivity index (χ0v) is 13.7. The minimum Gasteiger partial charge on any atom is -0.444 e. The van der Waals surface area contributed by atoms with Gasteiger partial charge in [-0.15, -0.1) is 0 Å². The highest BCUT2D eigenvalue weighted by atomic mass is 79.9. The molecule has 0 aliphatic rings. The molecule has 0 aromatic carbocycles. The molecule has 1 rings (SSSR count). The molecule has 0 radical (unpaired) electrons. The summed E-state index contributed by atoms with van der Waals surface area (Å²) < 4.78 is 6.24. The predicted molar refractivity (Wildman–Crippen MR) is 77.9 cm³/mol. The lowest BCUT2D eigenvalue weighted by molar-refractivity contribution is 0.0166. The number of aromatic amines is 1. The minimum absolute atomic E-state index is 0.152. The van der Waals surface area contributed by atoms with Crippen molar-refractivity contribution in [3.63, 3.8) is 0 Å². The van der Waals surface area contributed by atoms with Gasteiger partial charge in [0.25, 0.3) is 0 Å². The number of nitrogens with one attached hydrogen (secondary N) is 1. The predicted octanol–water partition coefficient (Wildman–Crippen LogP) is 3.88. The molecular weight excluding hydrogens is 310 g/mol. The quantitative estimate of drug-likeness (QED) is 0.910. The van der Waals surface area contributed by atoms with Crippen LogP contribution in [0.15, 0.2) is 10.8 Å². The molecule has 0 bridgehead atoms. The van der Waals surface area contributed by atoms with E-state index in [-0.39, 0.29) is 12.1 Å². The number of imidazole rings is 1. The number of carbonyl (C=O) groups is 1. The topological polar surface area (TPSA) is 58.2 Å². The maximum Gasteiger partial charge on any atom is 0.410 e. The van der Waals surface area contributed by atoms with E-state index in [0.717, 1.165) is 16.8 Å². The summed E-state index contributed by atoms with van der Waals surface area (Å²) >= 11 is 3.32. The van der Waals surface area contributed by atoms with Gasteiger partial charge in [0.15, 0.2) is 0 Å². The van der Waals surface area contributed by atoms with Gasteiger partial charge in [-0.2, -0.15) is 0 Å². The Hall–Kier alpha value is -1.04. The maximum atomic E-state index is 12.2. The monoisotopic (exact) mass is 331 g/mol. The van der Waals surface area contributed by atoms with E-state index in [4.69, 9.17) is 4.74 Å². The number of carbonyl (C=O) groups excluding carboxylic acids is 1. The Labute approximate surface area is 122 Å². The van der Waals surface area contributed by atoms with Crippen LogP contribution < -0.4 is 0 Å². The van der Waals surface area contributed by atoms with Gasteiger partial charge in [-0.1, -0.05) is 6.92 Å². The lowest BCUT2D eigenvalue weighted by Crippen LogP contribution is -2.39. The van der Waals surface area contributed by atoms with Crippen LogP contribution in [0.2, 0.25) is 0 Å². The molecule has 0 unspecified atom stereocenters. The van der Waals surface area contributed by atoms with Gasteiger partial charge >= 0.3 is 6.09 Å². The van der Waals surface area contributed by atoms with E-state index in [9.17, 15) is 4.79 Å². The van der Waals surface area contributed by atoms with Crippen LogP contribution in [0.5, 0.6) is 0 Å². The fourth-order valence-electron chi connectivity index (χ4n) is 1.68. The van der Waals surface area contributed by atoms with Crippen LogP contribution in [0.3, 0.4) is 0 Å². The Morgan fingerprint density at radius 2 is 2.21 bits per heavy atom. The first-order valence-corrected chi connectivity index (χ1v) is 7.24. The Morgan fingerprint density at radius 1 is 1.58 bits per heavy atom. The lowest BCUT2D eigenvalue weighted by Gasteiger charge is -2.30. The fourth-order valence-corrected chi connectivity index (χ4v) is 1.98. The van der Waals surface area contributed by atoms with Crippen molar-refractivity contribution in [2.75, 3.05) is 6.54 Å². The lowest BCUT2D eigenvalue weighted by atomic mass is 10.2. The van der Waals surface area contributed by atoms with Gasteiger partial charge in [0.1, 0.15) is 16.0 Å². The zero-order chi connectivity index (χ0) is 14.6. The normalized spacial score (nSPS) is 13.2. The van der Waals surface area contributed by atoms with Gasteiger partial charge in [-0.25, -0.2) is 9.78 Å². The number of halogens is 1. The van der Waals surface area contributed by atoms with Gasteiger partial charge in [-0.05, 0) is 50.0 Å². The molecule has 108 valence electrons. The summed E-state index contributed by atoms with van der Waals surface area (Å²) in [5, 5.41) is 0. The third-order valence-corrected chi connectivity index (χ3v) is 2.92. The smallest absolute Gasteiger partial charge is 0.410 e. The standard InChI is InChI=1S/C13H22BrN3O2/c1-6-7-17(12(18)19-13(3,4)5)9(2)11-15-8-10(14)16-11/h8-9H,6-7H2,1-5H3,(H,15,16)/t9-/m1/s1. The van der Waals surface area contributed by atoms with Crippen molar-refractivity contribution >= 4 is 22.0 Å². The number of nitrogens with zero attached hydrogens (tertiary/aromatic N) is 2. The number of hydrogen-bond acceptors (Lipinski definition) is 3. The van der Waals surface area contributed by atoms with Crippen LogP contribution in [0.25, 0.3) is 0 Å². The highest BCUT2D eigenvalue weighted by Gasteiger charge is 2.27. The van der Waals surface area contributed by atoms with Crippen molar-refractivity contribution in [1.82, 2.24) is 14.9 Å². The molecule has 0 spiro atoms. The molecule has 0 saturated heterocycles. The SMILES string of the molecule is CCCN(C(=O)OC(C)(C)C)[C@H](C)c1ncc(Br)[nH]1. The molecule has 0 aliphatic heterocycles. The highest BCUT2D eigenvalue weighted by Crippen LogP contribution is 2.22. The van der Waals surface area contributed by atoms with E-state index < -0.39 is 5.60 Å². The van der Waals surface area contributed by atoms with Crippen molar-refractivity contribution < 1.29 is 9.53 Å². The van der Waals surface area contributed by atoms with Crippen LogP contribution in [-0.2, 0) is 4.74 Å². The molecule has 0 aliphatic carbocycles. The van der Waals surface area contributed by atoms with Crippen molar-refractivity contribution in [3.05, 3.63) is 16.6 Å². The first-order valence-electron chi connectivity index (χ1n) is 6.44. The van der Waals surface area contributed by atoms with E-state index in [0.29, 0.717) is 6.54 Å². The van der Waals surface area contributed by atoms with Gasteiger partial charge < -0.3 is 9.72 Å².